The fraction of sp³-hybridized carbons (Fsp3) is 0.528. The number of ketones is 3. The van der Waals surface area contributed by atoms with Crippen molar-refractivity contribution in [3.8, 4) is 0 Å². The van der Waals surface area contributed by atoms with E-state index >= 15 is 0 Å². The van der Waals surface area contributed by atoms with Gasteiger partial charge in [0.15, 0.2) is 11.6 Å². The van der Waals surface area contributed by atoms with Crippen LogP contribution in [0.3, 0.4) is 0 Å². The summed E-state index contributed by atoms with van der Waals surface area (Å²) in [6, 6.07) is 19.1. The third-order valence-electron chi connectivity index (χ3n) is 7.59. The number of carbonyl (C=O) groups excluding carboxylic acids is 5. The molecule has 242 valence electrons. The quantitative estimate of drug-likeness (QED) is 0.172. The number of Topliss-reactive ketones (excluding diaryl/α,β-unsaturated/α-hetero) is 3. The fourth-order valence-corrected chi connectivity index (χ4v) is 4.78. The van der Waals surface area contributed by atoms with Crippen molar-refractivity contribution in [1.82, 2.24) is 10.6 Å². The van der Waals surface area contributed by atoms with Gasteiger partial charge in [-0.15, -0.1) is 0 Å². The highest BCUT2D eigenvalue weighted by atomic mass is 16.3. The first-order chi connectivity index (χ1) is 20.9. The fourth-order valence-electron chi connectivity index (χ4n) is 4.78. The molecule has 0 aliphatic heterocycles. The predicted octanol–water partition coefficient (Wildman–Crippen LogP) is 6.23. The number of hydrogen-bond acceptors (Lipinski definition) is 6. The molecule has 0 aliphatic carbocycles. The summed E-state index contributed by atoms with van der Waals surface area (Å²) in [7, 11) is 0. The van der Waals surface area contributed by atoms with E-state index in [4.69, 9.17) is 0 Å². The van der Waals surface area contributed by atoms with Gasteiger partial charge >= 0.3 is 0 Å². The van der Waals surface area contributed by atoms with Crippen LogP contribution in [-0.4, -0.2) is 40.4 Å². The Balaban J connectivity index is 0.000000440. The standard InChI is InChI=1S/C18H27NO3.C18H25NO3/c2*1-4-8-13(2)18(22)16(20)11-12-17(21)19-14(3)15-9-6-5-7-10-15/h5-7,9-10,13-14,18,22H,4,8,11-12H2,1-3H3,(H,19,21);5-7,9-10,13-14H,4,8,11-12H2,1-3H3,(H,19,21)/t13?,14-,18?;13?,14-/m11/s1. The number of aliphatic hydroxyl groups is 1. The Hall–Kier alpha value is -3.65. The molecule has 3 N–H and O–H groups in total. The Morgan fingerprint density at radius 2 is 1.07 bits per heavy atom. The molecule has 5 atom stereocenters. The second-order valence-corrected chi connectivity index (χ2v) is 11.6. The van der Waals surface area contributed by atoms with Crippen molar-refractivity contribution in [2.24, 2.45) is 11.8 Å². The third-order valence-corrected chi connectivity index (χ3v) is 7.59. The largest absolute Gasteiger partial charge is 0.385 e. The molecule has 44 heavy (non-hydrogen) atoms. The molecule has 2 aromatic rings. The van der Waals surface area contributed by atoms with Gasteiger partial charge in [-0.1, -0.05) is 101 Å². The molecule has 0 saturated carbocycles. The second kappa shape index (κ2) is 21.1. The number of benzene rings is 2. The lowest BCUT2D eigenvalue weighted by molar-refractivity contribution is -0.139. The molecule has 0 saturated heterocycles. The minimum atomic E-state index is -0.959. The van der Waals surface area contributed by atoms with E-state index in [1.54, 1.807) is 6.92 Å². The van der Waals surface area contributed by atoms with Gasteiger partial charge in [0.05, 0.1) is 12.1 Å². The number of carbonyl (C=O) groups is 5. The van der Waals surface area contributed by atoms with Crippen LogP contribution in [0.5, 0.6) is 0 Å². The van der Waals surface area contributed by atoms with Crippen molar-refractivity contribution in [2.75, 3.05) is 0 Å². The zero-order valence-electron chi connectivity index (χ0n) is 27.3. The summed E-state index contributed by atoms with van der Waals surface area (Å²) in [5.41, 5.74) is 2.04. The summed E-state index contributed by atoms with van der Waals surface area (Å²) in [5.74, 6) is -1.72. The second-order valence-electron chi connectivity index (χ2n) is 11.6. The van der Waals surface area contributed by atoms with Gasteiger partial charge in [0.1, 0.15) is 6.10 Å². The van der Waals surface area contributed by atoms with Gasteiger partial charge in [-0.05, 0) is 43.7 Å². The summed E-state index contributed by atoms with van der Waals surface area (Å²) >= 11 is 0. The molecule has 0 bridgehead atoms. The normalized spacial score (nSPS) is 14.1. The van der Waals surface area contributed by atoms with Gasteiger partial charge in [-0.2, -0.15) is 0 Å². The molecule has 0 aliphatic rings. The highest BCUT2D eigenvalue weighted by Crippen LogP contribution is 2.15. The average Bonchev–Trinajstić information content (AvgIpc) is 3.03. The summed E-state index contributed by atoms with van der Waals surface area (Å²) in [4.78, 5) is 59.3. The van der Waals surface area contributed by atoms with Crippen molar-refractivity contribution in [1.29, 1.82) is 0 Å². The maximum atomic E-state index is 11.9. The van der Waals surface area contributed by atoms with E-state index in [0.29, 0.717) is 6.42 Å². The zero-order valence-corrected chi connectivity index (χ0v) is 27.3. The van der Waals surface area contributed by atoms with Crippen molar-refractivity contribution in [3.63, 3.8) is 0 Å². The van der Waals surface area contributed by atoms with Gasteiger partial charge < -0.3 is 15.7 Å². The van der Waals surface area contributed by atoms with Crippen LogP contribution in [0.2, 0.25) is 0 Å². The van der Waals surface area contributed by atoms with Crippen molar-refractivity contribution < 1.29 is 29.1 Å². The first-order valence-corrected chi connectivity index (χ1v) is 15.9. The summed E-state index contributed by atoms with van der Waals surface area (Å²) in [6.45, 7) is 11.4. The summed E-state index contributed by atoms with van der Waals surface area (Å²) in [6.07, 6.45) is 2.61. The highest BCUT2D eigenvalue weighted by Gasteiger charge is 2.23. The molecule has 3 unspecified atom stereocenters. The number of hydrogen-bond donors (Lipinski definition) is 3. The average molecular weight is 609 g/mol. The van der Waals surface area contributed by atoms with Gasteiger partial charge in [-0.3, -0.25) is 24.0 Å². The predicted molar refractivity (Wildman–Crippen MR) is 174 cm³/mol. The monoisotopic (exact) mass is 608 g/mol. The molecule has 0 spiro atoms. The zero-order chi connectivity index (χ0) is 33.1. The van der Waals surface area contributed by atoms with E-state index in [-0.39, 0.29) is 73.0 Å². The lowest BCUT2D eigenvalue weighted by atomic mass is 9.94. The van der Waals surface area contributed by atoms with Crippen LogP contribution in [0.25, 0.3) is 0 Å². The first-order valence-electron chi connectivity index (χ1n) is 15.9. The van der Waals surface area contributed by atoms with Crippen LogP contribution >= 0.6 is 0 Å². The first kappa shape index (κ1) is 38.4. The molecular formula is C36H52N2O6. The van der Waals surface area contributed by atoms with Crippen molar-refractivity contribution >= 4 is 29.2 Å². The van der Waals surface area contributed by atoms with E-state index in [9.17, 15) is 29.1 Å². The number of rotatable bonds is 18. The Kier molecular flexibility index (Phi) is 18.4. The minimum absolute atomic E-state index is 0.0137. The van der Waals surface area contributed by atoms with E-state index in [1.165, 1.54) is 0 Å². The van der Waals surface area contributed by atoms with E-state index in [1.807, 2.05) is 95.3 Å². The Bertz CT molecular complexity index is 1170. The minimum Gasteiger partial charge on any atom is -0.385 e. The maximum Gasteiger partial charge on any atom is 0.220 e. The molecule has 8 heteroatoms. The molecule has 2 rings (SSSR count). The van der Waals surface area contributed by atoms with E-state index < -0.39 is 11.9 Å². The van der Waals surface area contributed by atoms with Crippen molar-refractivity contribution in [2.45, 2.75) is 111 Å². The Morgan fingerprint density at radius 3 is 1.50 bits per heavy atom. The lowest BCUT2D eigenvalue weighted by Gasteiger charge is -2.17. The van der Waals surface area contributed by atoms with Gasteiger partial charge in [-0.25, -0.2) is 0 Å². The van der Waals surface area contributed by atoms with Crippen LogP contribution in [0.1, 0.15) is 116 Å². The SMILES string of the molecule is CCCC(C)C(=O)C(=O)CCC(=O)N[C@H](C)c1ccccc1.CCCC(C)C(O)C(=O)CCC(=O)N[C@H](C)c1ccccc1. The summed E-state index contributed by atoms with van der Waals surface area (Å²) in [5, 5.41) is 15.6. The molecule has 0 heterocycles. The molecule has 0 fully saturated rings. The number of nitrogens with one attached hydrogen (secondary N) is 2. The smallest absolute Gasteiger partial charge is 0.220 e. The van der Waals surface area contributed by atoms with Crippen LogP contribution in [-0.2, 0) is 24.0 Å². The van der Waals surface area contributed by atoms with Gasteiger partial charge in [0, 0.05) is 31.6 Å². The maximum absolute atomic E-state index is 11.9. The van der Waals surface area contributed by atoms with Crippen LogP contribution in [0, 0.1) is 11.8 Å². The number of amides is 2. The van der Waals surface area contributed by atoms with Crippen LogP contribution in [0.4, 0.5) is 0 Å². The number of aliphatic hydroxyl groups excluding tert-OH is 1. The third kappa shape index (κ3) is 14.7. The molecule has 2 aromatic carbocycles. The van der Waals surface area contributed by atoms with E-state index in [2.05, 4.69) is 10.6 Å². The molecule has 8 nitrogen and oxygen atoms in total. The lowest BCUT2D eigenvalue weighted by Crippen LogP contribution is -2.31. The Labute approximate surface area is 263 Å². The molecule has 0 aromatic heterocycles. The molecule has 2 amide bonds. The highest BCUT2D eigenvalue weighted by molar-refractivity contribution is 6.38. The van der Waals surface area contributed by atoms with Gasteiger partial charge in [0.25, 0.3) is 0 Å². The molecule has 0 radical (unpaired) electrons. The summed E-state index contributed by atoms with van der Waals surface area (Å²) < 4.78 is 0. The van der Waals surface area contributed by atoms with Crippen LogP contribution < -0.4 is 10.6 Å². The van der Waals surface area contributed by atoms with Gasteiger partial charge in [0.2, 0.25) is 17.6 Å². The Morgan fingerprint density at radius 1 is 0.636 bits per heavy atom. The van der Waals surface area contributed by atoms with Crippen LogP contribution in [0.15, 0.2) is 60.7 Å². The molecular weight excluding hydrogens is 556 g/mol. The van der Waals surface area contributed by atoms with Crippen molar-refractivity contribution in [3.05, 3.63) is 71.8 Å². The van der Waals surface area contributed by atoms with E-state index in [0.717, 1.165) is 30.4 Å². The topological polar surface area (TPSA) is 130 Å².